The highest BCUT2D eigenvalue weighted by atomic mass is 32.2. The van der Waals surface area contributed by atoms with Crippen molar-refractivity contribution < 1.29 is 9.53 Å². The summed E-state index contributed by atoms with van der Waals surface area (Å²) in [5.41, 5.74) is 2.79. The van der Waals surface area contributed by atoms with E-state index in [0.29, 0.717) is 5.56 Å². The first kappa shape index (κ1) is 13.7. The molecular weight excluding hydrogens is 284 g/mol. The zero-order valence-electron chi connectivity index (χ0n) is 11.5. The Morgan fingerprint density at radius 1 is 1.24 bits per heavy atom. The number of nitrogens with zero attached hydrogens (tertiary/aromatic N) is 2. The number of ether oxygens (including phenoxy) is 1. The number of aromatic nitrogens is 2. The number of fused-ring (bicyclic) bond motifs is 1. The number of imidazole rings is 1. The molecule has 0 aliphatic rings. The van der Waals surface area contributed by atoms with Gasteiger partial charge in [-0.3, -0.25) is 4.40 Å². The normalized spacial score (nSPS) is 10.7. The van der Waals surface area contributed by atoms with E-state index < -0.39 is 0 Å². The number of pyridine rings is 1. The Labute approximate surface area is 126 Å². The maximum Gasteiger partial charge on any atom is 0.337 e. The minimum atomic E-state index is -0.312. The summed E-state index contributed by atoms with van der Waals surface area (Å²) in [5.74, 6) is 0.489. The van der Waals surface area contributed by atoms with Crippen LogP contribution < -0.4 is 0 Å². The third-order valence-electron chi connectivity index (χ3n) is 3.15. The number of benzene rings is 1. The first-order chi connectivity index (χ1) is 10.3. The Bertz CT molecular complexity index is 765. The van der Waals surface area contributed by atoms with Crippen LogP contribution in [0.3, 0.4) is 0 Å². The molecule has 2 heterocycles. The smallest absolute Gasteiger partial charge is 0.337 e. The third kappa shape index (κ3) is 2.92. The van der Waals surface area contributed by atoms with Crippen LogP contribution in [0.1, 0.15) is 15.9 Å². The molecule has 106 valence electrons. The number of methoxy groups -OCH3 is 1. The molecule has 0 amide bonds. The van der Waals surface area contributed by atoms with Gasteiger partial charge < -0.3 is 4.74 Å². The lowest BCUT2D eigenvalue weighted by Crippen LogP contribution is -2.00. The predicted molar refractivity (Wildman–Crippen MR) is 82.5 cm³/mol. The standard InChI is InChI=1S/C16H14N2O2S/c1-20-15(19)13-7-5-12(6-8-13)11-21-16-17-10-14-4-2-3-9-18(14)16/h2-10H,11H2,1H3. The third-order valence-corrected chi connectivity index (χ3v) is 4.19. The molecule has 0 fully saturated rings. The van der Waals surface area contributed by atoms with Gasteiger partial charge in [0.1, 0.15) is 0 Å². The molecule has 0 radical (unpaired) electrons. The number of carbonyl (C=O) groups is 1. The van der Waals surface area contributed by atoms with Crippen LogP contribution >= 0.6 is 11.8 Å². The summed E-state index contributed by atoms with van der Waals surface area (Å²) in [4.78, 5) is 15.8. The van der Waals surface area contributed by atoms with E-state index in [-0.39, 0.29) is 5.97 Å². The molecule has 0 spiro atoms. The van der Waals surface area contributed by atoms with E-state index in [4.69, 9.17) is 0 Å². The van der Waals surface area contributed by atoms with Crippen LogP contribution in [0, 0.1) is 0 Å². The molecule has 21 heavy (non-hydrogen) atoms. The van der Waals surface area contributed by atoms with E-state index in [2.05, 4.69) is 14.1 Å². The summed E-state index contributed by atoms with van der Waals surface area (Å²) in [7, 11) is 1.38. The van der Waals surface area contributed by atoms with Gasteiger partial charge in [-0.1, -0.05) is 30.0 Å². The van der Waals surface area contributed by atoms with Gasteiger partial charge in [-0.05, 0) is 29.8 Å². The first-order valence-electron chi connectivity index (χ1n) is 6.50. The van der Waals surface area contributed by atoms with E-state index in [9.17, 15) is 4.79 Å². The molecule has 0 aliphatic carbocycles. The van der Waals surface area contributed by atoms with Crippen molar-refractivity contribution in [3.8, 4) is 0 Å². The highest BCUT2D eigenvalue weighted by Crippen LogP contribution is 2.22. The number of esters is 1. The molecule has 3 rings (SSSR count). The minimum absolute atomic E-state index is 0.312. The molecule has 0 atom stereocenters. The fourth-order valence-corrected chi connectivity index (χ4v) is 2.95. The summed E-state index contributed by atoms with van der Waals surface area (Å²) < 4.78 is 6.75. The Morgan fingerprint density at radius 2 is 2.05 bits per heavy atom. The zero-order chi connectivity index (χ0) is 14.7. The Kier molecular flexibility index (Phi) is 3.92. The van der Waals surface area contributed by atoms with Crippen LogP contribution in [0.25, 0.3) is 5.52 Å². The fourth-order valence-electron chi connectivity index (χ4n) is 2.03. The average Bonchev–Trinajstić information content (AvgIpc) is 2.96. The molecule has 4 nitrogen and oxygen atoms in total. The van der Waals surface area contributed by atoms with Crippen molar-refractivity contribution >= 4 is 23.2 Å². The Hall–Kier alpha value is -2.27. The van der Waals surface area contributed by atoms with Crippen LogP contribution in [0.4, 0.5) is 0 Å². The molecule has 3 aromatic rings. The Morgan fingerprint density at radius 3 is 2.81 bits per heavy atom. The van der Waals surface area contributed by atoms with Gasteiger partial charge in [0.05, 0.1) is 24.4 Å². The number of hydrogen-bond acceptors (Lipinski definition) is 4. The van der Waals surface area contributed by atoms with Gasteiger partial charge >= 0.3 is 5.97 Å². The monoisotopic (exact) mass is 298 g/mol. The topological polar surface area (TPSA) is 43.6 Å². The summed E-state index contributed by atoms with van der Waals surface area (Å²) in [6, 6.07) is 13.5. The number of rotatable bonds is 4. The van der Waals surface area contributed by atoms with Gasteiger partial charge in [-0.25, -0.2) is 9.78 Å². The van der Waals surface area contributed by atoms with Crippen LogP contribution in [-0.4, -0.2) is 22.5 Å². The molecule has 0 saturated carbocycles. The second kappa shape index (κ2) is 6.01. The number of hydrogen-bond donors (Lipinski definition) is 0. The fraction of sp³-hybridized carbons (Fsp3) is 0.125. The lowest BCUT2D eigenvalue weighted by atomic mass is 10.1. The van der Waals surface area contributed by atoms with Gasteiger partial charge in [-0.15, -0.1) is 0 Å². The van der Waals surface area contributed by atoms with E-state index in [1.54, 1.807) is 23.9 Å². The van der Waals surface area contributed by atoms with Crippen LogP contribution in [-0.2, 0) is 10.5 Å². The SMILES string of the molecule is COC(=O)c1ccc(CSc2ncc3ccccn23)cc1. The predicted octanol–water partition coefficient (Wildman–Crippen LogP) is 3.41. The first-order valence-corrected chi connectivity index (χ1v) is 7.48. The second-order valence-corrected chi connectivity index (χ2v) is 5.46. The van der Waals surface area contributed by atoms with Crippen molar-refractivity contribution in [3.63, 3.8) is 0 Å². The molecule has 0 aliphatic heterocycles. The molecule has 5 heteroatoms. The van der Waals surface area contributed by atoms with Crippen LogP contribution in [0.15, 0.2) is 60.0 Å². The average molecular weight is 298 g/mol. The summed E-state index contributed by atoms with van der Waals surface area (Å²) >= 11 is 1.67. The van der Waals surface area contributed by atoms with Gasteiger partial charge in [0.25, 0.3) is 0 Å². The zero-order valence-corrected chi connectivity index (χ0v) is 12.3. The largest absolute Gasteiger partial charge is 0.465 e. The van der Waals surface area contributed by atoms with Crippen molar-refractivity contribution in [1.82, 2.24) is 9.38 Å². The van der Waals surface area contributed by atoms with Gasteiger partial charge in [-0.2, -0.15) is 0 Å². The maximum absolute atomic E-state index is 11.4. The highest BCUT2D eigenvalue weighted by molar-refractivity contribution is 7.98. The van der Waals surface area contributed by atoms with E-state index in [1.807, 2.05) is 42.7 Å². The lowest BCUT2D eigenvalue weighted by molar-refractivity contribution is 0.0600. The summed E-state index contributed by atoms with van der Waals surface area (Å²) in [6.07, 6.45) is 3.87. The Balaban J connectivity index is 1.71. The van der Waals surface area contributed by atoms with Gasteiger partial charge in [0, 0.05) is 11.9 Å². The molecule has 0 bridgehead atoms. The summed E-state index contributed by atoms with van der Waals surface area (Å²) in [6.45, 7) is 0. The minimum Gasteiger partial charge on any atom is -0.465 e. The molecular formula is C16H14N2O2S. The molecule has 0 saturated heterocycles. The van der Waals surface area contributed by atoms with Gasteiger partial charge in [0.15, 0.2) is 5.16 Å². The van der Waals surface area contributed by atoms with Crippen molar-refractivity contribution in [2.45, 2.75) is 10.9 Å². The number of thioether (sulfide) groups is 1. The van der Waals surface area contributed by atoms with Crippen molar-refractivity contribution in [3.05, 3.63) is 66.0 Å². The van der Waals surface area contributed by atoms with E-state index in [1.165, 1.54) is 7.11 Å². The van der Waals surface area contributed by atoms with Crippen LogP contribution in [0.5, 0.6) is 0 Å². The number of carbonyl (C=O) groups excluding carboxylic acids is 1. The molecule has 2 aromatic heterocycles. The van der Waals surface area contributed by atoms with Crippen molar-refractivity contribution in [2.24, 2.45) is 0 Å². The quantitative estimate of drug-likeness (QED) is 0.547. The van der Waals surface area contributed by atoms with E-state index >= 15 is 0 Å². The van der Waals surface area contributed by atoms with Crippen LogP contribution in [0.2, 0.25) is 0 Å². The lowest BCUT2D eigenvalue weighted by Gasteiger charge is -2.03. The van der Waals surface area contributed by atoms with E-state index in [0.717, 1.165) is 22.0 Å². The van der Waals surface area contributed by atoms with Crippen molar-refractivity contribution in [1.29, 1.82) is 0 Å². The molecule has 0 N–H and O–H groups in total. The second-order valence-electron chi connectivity index (χ2n) is 4.51. The van der Waals surface area contributed by atoms with Gasteiger partial charge in [0.2, 0.25) is 0 Å². The maximum atomic E-state index is 11.4. The molecule has 1 aromatic carbocycles. The highest BCUT2D eigenvalue weighted by Gasteiger charge is 2.06. The molecule has 0 unspecified atom stereocenters. The van der Waals surface area contributed by atoms with Crippen molar-refractivity contribution in [2.75, 3.05) is 7.11 Å². The summed E-state index contributed by atoms with van der Waals surface area (Å²) in [5, 5.41) is 0.961.